The highest BCUT2D eigenvalue weighted by molar-refractivity contribution is 9.10. The molecule has 1 nitrogen and oxygen atoms in total. The van der Waals surface area contributed by atoms with Crippen molar-refractivity contribution in [2.24, 2.45) is 0 Å². The van der Waals surface area contributed by atoms with E-state index in [1.165, 1.54) is 24.0 Å². The minimum Gasteiger partial charge on any atom is -0.289 e. The number of hydrogen-bond donors (Lipinski definition) is 0. The lowest BCUT2D eigenvalue weighted by molar-refractivity contribution is 0.203. The van der Waals surface area contributed by atoms with E-state index in [0.29, 0.717) is 12.1 Å². The van der Waals surface area contributed by atoms with E-state index in [0.717, 1.165) is 23.0 Å². The zero-order valence-corrected chi connectivity index (χ0v) is 14.5. The Kier molecular flexibility index (Phi) is 4.08. The van der Waals surface area contributed by atoms with Gasteiger partial charge in [-0.2, -0.15) is 0 Å². The van der Waals surface area contributed by atoms with Gasteiger partial charge in [0.1, 0.15) is 5.82 Å². The molecule has 2 bridgehead atoms. The highest BCUT2D eigenvalue weighted by Crippen LogP contribution is 2.40. The SMILES string of the molecule is Fc1ccc(Br)cc1C1=CC2CCC(C1)N2Cc1ccccc1. The van der Waals surface area contributed by atoms with Crippen LogP contribution in [0.4, 0.5) is 4.39 Å². The summed E-state index contributed by atoms with van der Waals surface area (Å²) in [4.78, 5) is 2.58. The molecule has 2 aromatic rings. The third-order valence-corrected chi connectivity index (χ3v) is 5.52. The van der Waals surface area contributed by atoms with Gasteiger partial charge < -0.3 is 0 Å². The van der Waals surface area contributed by atoms with Gasteiger partial charge >= 0.3 is 0 Å². The summed E-state index contributed by atoms with van der Waals surface area (Å²) in [5.41, 5.74) is 3.28. The molecular formula is C20H19BrFN. The van der Waals surface area contributed by atoms with E-state index in [1.807, 2.05) is 6.07 Å². The summed E-state index contributed by atoms with van der Waals surface area (Å²) in [5, 5.41) is 0. The van der Waals surface area contributed by atoms with Crippen LogP contribution >= 0.6 is 15.9 Å². The van der Waals surface area contributed by atoms with E-state index >= 15 is 0 Å². The number of halogens is 2. The second kappa shape index (κ2) is 6.21. The molecule has 1 saturated heterocycles. The van der Waals surface area contributed by atoms with Crippen LogP contribution < -0.4 is 0 Å². The average Bonchev–Trinajstić information content (AvgIpc) is 2.80. The predicted octanol–water partition coefficient (Wildman–Crippen LogP) is 5.41. The summed E-state index contributed by atoms with van der Waals surface area (Å²) >= 11 is 3.46. The summed E-state index contributed by atoms with van der Waals surface area (Å²) in [7, 11) is 0. The fraction of sp³-hybridized carbons (Fsp3) is 0.300. The molecule has 0 N–H and O–H groups in total. The number of rotatable bonds is 3. The van der Waals surface area contributed by atoms with Crippen molar-refractivity contribution in [3.05, 3.63) is 76.0 Å². The van der Waals surface area contributed by atoms with Crippen LogP contribution in [0.2, 0.25) is 0 Å². The Hall–Kier alpha value is -1.45. The van der Waals surface area contributed by atoms with Gasteiger partial charge in [0.2, 0.25) is 0 Å². The molecule has 2 aromatic carbocycles. The predicted molar refractivity (Wildman–Crippen MR) is 95.5 cm³/mol. The first-order valence-corrected chi connectivity index (χ1v) is 8.96. The summed E-state index contributed by atoms with van der Waals surface area (Å²) < 4.78 is 15.1. The first kappa shape index (κ1) is 15.1. The standard InChI is InChI=1S/C20H19BrFN/c21-16-6-9-20(22)19(12-16)15-10-17-7-8-18(11-15)23(17)13-14-4-2-1-3-5-14/h1-6,9-10,12,17-18H,7-8,11,13H2. The zero-order chi connectivity index (χ0) is 15.8. The molecule has 0 amide bonds. The topological polar surface area (TPSA) is 3.24 Å². The molecule has 23 heavy (non-hydrogen) atoms. The maximum Gasteiger partial charge on any atom is 0.130 e. The van der Waals surface area contributed by atoms with Gasteiger partial charge in [-0.05, 0) is 48.6 Å². The van der Waals surface area contributed by atoms with Crippen LogP contribution in [0, 0.1) is 5.82 Å². The number of nitrogens with zero attached hydrogens (tertiary/aromatic N) is 1. The Labute approximate surface area is 144 Å². The molecule has 0 spiro atoms. The Morgan fingerprint density at radius 1 is 1.09 bits per heavy atom. The van der Waals surface area contributed by atoms with E-state index < -0.39 is 0 Å². The normalized spacial score (nSPS) is 23.8. The lowest BCUT2D eigenvalue weighted by Gasteiger charge is -2.34. The molecule has 2 aliphatic heterocycles. The molecule has 2 heterocycles. The summed E-state index contributed by atoms with van der Waals surface area (Å²) in [6.45, 7) is 0.987. The van der Waals surface area contributed by atoms with Gasteiger partial charge in [0.05, 0.1) is 0 Å². The van der Waals surface area contributed by atoms with Gasteiger partial charge in [-0.25, -0.2) is 4.39 Å². The smallest absolute Gasteiger partial charge is 0.130 e. The first-order chi connectivity index (χ1) is 11.2. The Morgan fingerprint density at radius 2 is 1.91 bits per heavy atom. The first-order valence-electron chi connectivity index (χ1n) is 8.16. The summed E-state index contributed by atoms with van der Waals surface area (Å²) in [6.07, 6.45) is 5.61. The molecule has 2 aliphatic rings. The molecule has 2 unspecified atom stereocenters. The summed E-state index contributed by atoms with van der Waals surface area (Å²) in [6, 6.07) is 16.8. The lowest BCUT2D eigenvalue weighted by Crippen LogP contribution is -2.37. The van der Waals surface area contributed by atoms with Gasteiger partial charge in [-0.1, -0.05) is 52.3 Å². The van der Waals surface area contributed by atoms with Crippen molar-refractivity contribution in [3.63, 3.8) is 0 Å². The van der Waals surface area contributed by atoms with E-state index in [4.69, 9.17) is 0 Å². The van der Waals surface area contributed by atoms with Crippen LogP contribution in [0.3, 0.4) is 0 Å². The molecule has 3 heteroatoms. The van der Waals surface area contributed by atoms with Crippen LogP contribution in [0.25, 0.3) is 5.57 Å². The largest absolute Gasteiger partial charge is 0.289 e. The monoisotopic (exact) mass is 371 g/mol. The second-order valence-electron chi connectivity index (χ2n) is 6.48. The van der Waals surface area contributed by atoms with Crippen LogP contribution in [-0.2, 0) is 6.54 Å². The van der Waals surface area contributed by atoms with Crippen molar-refractivity contribution in [2.45, 2.75) is 37.9 Å². The fourth-order valence-corrected chi connectivity index (χ4v) is 4.26. The third-order valence-electron chi connectivity index (χ3n) is 5.02. The highest BCUT2D eigenvalue weighted by Gasteiger charge is 2.36. The van der Waals surface area contributed by atoms with Gasteiger partial charge in [-0.15, -0.1) is 0 Å². The molecule has 0 aromatic heterocycles. The Balaban J connectivity index is 1.60. The highest BCUT2D eigenvalue weighted by atomic mass is 79.9. The van der Waals surface area contributed by atoms with Gasteiger partial charge in [0.15, 0.2) is 0 Å². The number of hydrogen-bond acceptors (Lipinski definition) is 1. The number of benzene rings is 2. The van der Waals surface area contributed by atoms with Crippen LogP contribution in [0.5, 0.6) is 0 Å². The molecule has 1 fully saturated rings. The fourth-order valence-electron chi connectivity index (χ4n) is 3.90. The third kappa shape index (κ3) is 3.00. The van der Waals surface area contributed by atoms with Crippen molar-refractivity contribution >= 4 is 21.5 Å². The van der Waals surface area contributed by atoms with Crippen molar-refractivity contribution < 1.29 is 4.39 Å². The quantitative estimate of drug-likeness (QED) is 0.697. The van der Waals surface area contributed by atoms with Crippen molar-refractivity contribution in [1.82, 2.24) is 4.90 Å². The molecule has 0 aliphatic carbocycles. The van der Waals surface area contributed by atoms with Gasteiger partial charge in [0, 0.05) is 28.7 Å². The van der Waals surface area contributed by atoms with E-state index in [-0.39, 0.29) is 5.82 Å². The van der Waals surface area contributed by atoms with Crippen molar-refractivity contribution in [1.29, 1.82) is 0 Å². The minimum atomic E-state index is -0.115. The van der Waals surface area contributed by atoms with E-state index in [1.54, 1.807) is 12.1 Å². The maximum atomic E-state index is 14.2. The molecule has 118 valence electrons. The van der Waals surface area contributed by atoms with Gasteiger partial charge in [0.25, 0.3) is 0 Å². The van der Waals surface area contributed by atoms with Crippen LogP contribution in [0.15, 0.2) is 59.1 Å². The van der Waals surface area contributed by atoms with Crippen LogP contribution in [0.1, 0.15) is 30.4 Å². The van der Waals surface area contributed by atoms with Crippen LogP contribution in [-0.4, -0.2) is 17.0 Å². The molecular weight excluding hydrogens is 353 g/mol. The van der Waals surface area contributed by atoms with E-state index in [2.05, 4.69) is 57.2 Å². The maximum absolute atomic E-state index is 14.2. The Bertz CT molecular complexity index is 741. The minimum absolute atomic E-state index is 0.115. The molecule has 0 radical (unpaired) electrons. The van der Waals surface area contributed by atoms with Gasteiger partial charge in [-0.3, -0.25) is 4.90 Å². The van der Waals surface area contributed by atoms with Crippen molar-refractivity contribution in [3.8, 4) is 0 Å². The van der Waals surface area contributed by atoms with Crippen molar-refractivity contribution in [2.75, 3.05) is 0 Å². The average molecular weight is 372 g/mol. The zero-order valence-electron chi connectivity index (χ0n) is 12.9. The number of fused-ring (bicyclic) bond motifs is 2. The molecule has 2 atom stereocenters. The molecule has 0 saturated carbocycles. The molecule has 4 rings (SSSR count). The Morgan fingerprint density at radius 3 is 2.70 bits per heavy atom. The summed E-state index contributed by atoms with van der Waals surface area (Å²) in [5.74, 6) is -0.115. The van der Waals surface area contributed by atoms with E-state index in [9.17, 15) is 4.39 Å². The second-order valence-corrected chi connectivity index (χ2v) is 7.39. The lowest BCUT2D eigenvalue weighted by atomic mass is 9.94.